The maximum Gasteiger partial charge on any atom is 0.222 e. The van der Waals surface area contributed by atoms with Crippen LogP contribution in [-0.4, -0.2) is 58.6 Å². The van der Waals surface area contributed by atoms with Crippen molar-refractivity contribution < 1.29 is 19.0 Å². The normalized spacial score (nSPS) is 12.4. The molecule has 102 valence electrons. The lowest BCUT2D eigenvalue weighted by molar-refractivity contribution is -0.124. The summed E-state index contributed by atoms with van der Waals surface area (Å²) in [5.41, 5.74) is 5.47. The maximum atomic E-state index is 11.4. The van der Waals surface area contributed by atoms with E-state index in [2.05, 4.69) is 5.32 Å². The Morgan fingerprint density at radius 1 is 1.35 bits per heavy atom. The summed E-state index contributed by atoms with van der Waals surface area (Å²) >= 11 is 0. The van der Waals surface area contributed by atoms with E-state index < -0.39 is 0 Å². The van der Waals surface area contributed by atoms with Crippen molar-refractivity contribution in [1.29, 1.82) is 0 Å². The van der Waals surface area contributed by atoms with E-state index in [4.69, 9.17) is 19.9 Å². The van der Waals surface area contributed by atoms with Gasteiger partial charge in [-0.3, -0.25) is 4.79 Å². The number of hydrogen-bond acceptors (Lipinski definition) is 5. The first-order valence-electron chi connectivity index (χ1n) is 5.89. The molecular formula is C11H24N2O4. The average Bonchev–Trinajstić information content (AvgIpc) is 2.33. The lowest BCUT2D eigenvalue weighted by Crippen LogP contribution is -2.34. The van der Waals surface area contributed by atoms with Crippen LogP contribution in [0.2, 0.25) is 0 Å². The van der Waals surface area contributed by atoms with E-state index in [-0.39, 0.29) is 12.0 Å². The Labute approximate surface area is 103 Å². The largest absolute Gasteiger partial charge is 0.382 e. The second-order valence-corrected chi connectivity index (χ2v) is 3.47. The number of ether oxygens (including phenoxy) is 3. The highest BCUT2D eigenvalue weighted by Crippen LogP contribution is 1.96. The number of rotatable bonds is 11. The van der Waals surface area contributed by atoms with Crippen molar-refractivity contribution in [3.63, 3.8) is 0 Å². The summed E-state index contributed by atoms with van der Waals surface area (Å²) in [6.07, 6.45) is 0.0944. The molecule has 17 heavy (non-hydrogen) atoms. The second-order valence-electron chi connectivity index (χ2n) is 3.47. The van der Waals surface area contributed by atoms with Crippen molar-refractivity contribution in [2.45, 2.75) is 19.4 Å². The lowest BCUT2D eigenvalue weighted by atomic mass is 10.2. The zero-order valence-corrected chi connectivity index (χ0v) is 10.7. The maximum absolute atomic E-state index is 11.4. The van der Waals surface area contributed by atoms with Crippen molar-refractivity contribution in [3.8, 4) is 0 Å². The first-order chi connectivity index (χ1) is 8.24. The van der Waals surface area contributed by atoms with Gasteiger partial charge in [-0.15, -0.1) is 0 Å². The van der Waals surface area contributed by atoms with E-state index in [0.29, 0.717) is 45.9 Å². The van der Waals surface area contributed by atoms with Gasteiger partial charge in [-0.05, 0) is 6.92 Å². The molecule has 1 atom stereocenters. The first kappa shape index (κ1) is 16.3. The van der Waals surface area contributed by atoms with E-state index in [1.54, 1.807) is 7.11 Å². The third kappa shape index (κ3) is 10.2. The van der Waals surface area contributed by atoms with Gasteiger partial charge in [0.25, 0.3) is 0 Å². The Bertz CT molecular complexity index is 190. The van der Waals surface area contributed by atoms with Crippen LogP contribution in [0.1, 0.15) is 13.3 Å². The molecule has 0 spiro atoms. The monoisotopic (exact) mass is 248 g/mol. The number of carbonyl (C=O) groups is 1. The molecule has 0 aliphatic heterocycles. The van der Waals surface area contributed by atoms with Gasteiger partial charge < -0.3 is 25.3 Å². The smallest absolute Gasteiger partial charge is 0.222 e. The molecule has 6 heteroatoms. The molecule has 1 amide bonds. The van der Waals surface area contributed by atoms with Gasteiger partial charge >= 0.3 is 0 Å². The van der Waals surface area contributed by atoms with Gasteiger partial charge in [0, 0.05) is 26.8 Å². The molecule has 0 aromatic carbocycles. The Balaban J connectivity index is 3.44. The zero-order valence-electron chi connectivity index (χ0n) is 10.7. The fourth-order valence-corrected chi connectivity index (χ4v) is 1.23. The number of nitrogens with two attached hydrogens (primary N) is 1. The predicted molar refractivity (Wildman–Crippen MR) is 64.8 cm³/mol. The van der Waals surface area contributed by atoms with Gasteiger partial charge in [0.1, 0.15) is 0 Å². The number of amides is 1. The van der Waals surface area contributed by atoms with Crippen LogP contribution in [0.4, 0.5) is 0 Å². The number of methoxy groups -OCH3 is 1. The van der Waals surface area contributed by atoms with Crippen molar-refractivity contribution >= 4 is 5.91 Å². The first-order valence-corrected chi connectivity index (χ1v) is 5.89. The fraction of sp³-hybridized carbons (Fsp3) is 0.909. The van der Waals surface area contributed by atoms with Gasteiger partial charge in [0.2, 0.25) is 5.91 Å². The van der Waals surface area contributed by atoms with Crippen LogP contribution < -0.4 is 11.1 Å². The van der Waals surface area contributed by atoms with E-state index in [1.807, 2.05) is 6.92 Å². The number of nitrogens with one attached hydrogen (secondary N) is 1. The summed E-state index contributed by atoms with van der Waals surface area (Å²) in [7, 11) is 1.62. The molecule has 0 aromatic rings. The SMILES string of the molecule is CCOC(CN)CC(=O)NCCOCCOC. The lowest BCUT2D eigenvalue weighted by Gasteiger charge is -2.14. The molecule has 0 aliphatic rings. The molecule has 0 fully saturated rings. The Kier molecular flexibility index (Phi) is 11.3. The summed E-state index contributed by atoms with van der Waals surface area (Å²) in [5.74, 6) is -0.0655. The minimum absolute atomic E-state index is 0.0655. The van der Waals surface area contributed by atoms with Gasteiger partial charge in [-0.25, -0.2) is 0 Å². The zero-order chi connectivity index (χ0) is 12.9. The van der Waals surface area contributed by atoms with Crippen LogP contribution in [0.3, 0.4) is 0 Å². The summed E-state index contributed by atoms with van der Waals surface area (Å²) in [6.45, 7) is 4.87. The molecule has 0 aliphatic carbocycles. The highest BCUT2D eigenvalue weighted by Gasteiger charge is 2.11. The fourth-order valence-electron chi connectivity index (χ4n) is 1.23. The second kappa shape index (κ2) is 11.8. The van der Waals surface area contributed by atoms with Crippen molar-refractivity contribution in [1.82, 2.24) is 5.32 Å². The Hall–Kier alpha value is -0.690. The third-order valence-corrected chi connectivity index (χ3v) is 2.08. The predicted octanol–water partition coefficient (Wildman–Crippen LogP) is -0.480. The summed E-state index contributed by atoms with van der Waals surface area (Å²) in [5, 5.41) is 2.74. The third-order valence-electron chi connectivity index (χ3n) is 2.08. The van der Waals surface area contributed by atoms with Gasteiger partial charge in [0.05, 0.1) is 32.3 Å². The molecule has 6 nitrogen and oxygen atoms in total. The van der Waals surface area contributed by atoms with E-state index in [0.717, 1.165) is 0 Å². The molecular weight excluding hydrogens is 224 g/mol. The van der Waals surface area contributed by atoms with Crippen LogP contribution in [-0.2, 0) is 19.0 Å². The van der Waals surface area contributed by atoms with Gasteiger partial charge in [-0.2, -0.15) is 0 Å². The summed E-state index contributed by atoms with van der Waals surface area (Å²) < 4.78 is 15.3. The minimum Gasteiger partial charge on any atom is -0.382 e. The molecule has 0 rings (SSSR count). The van der Waals surface area contributed by atoms with Crippen LogP contribution in [0.15, 0.2) is 0 Å². The van der Waals surface area contributed by atoms with Crippen LogP contribution >= 0.6 is 0 Å². The number of hydrogen-bond donors (Lipinski definition) is 2. The molecule has 0 saturated carbocycles. The van der Waals surface area contributed by atoms with Crippen LogP contribution in [0.25, 0.3) is 0 Å². The van der Waals surface area contributed by atoms with Crippen molar-refractivity contribution in [3.05, 3.63) is 0 Å². The van der Waals surface area contributed by atoms with Crippen LogP contribution in [0, 0.1) is 0 Å². The molecule has 1 unspecified atom stereocenters. The molecule has 0 aromatic heterocycles. The van der Waals surface area contributed by atoms with Gasteiger partial charge in [-0.1, -0.05) is 0 Å². The van der Waals surface area contributed by atoms with E-state index >= 15 is 0 Å². The highest BCUT2D eigenvalue weighted by molar-refractivity contribution is 5.76. The van der Waals surface area contributed by atoms with Crippen molar-refractivity contribution in [2.24, 2.45) is 5.73 Å². The molecule has 3 N–H and O–H groups in total. The van der Waals surface area contributed by atoms with Gasteiger partial charge in [0.15, 0.2) is 0 Å². The molecule has 0 radical (unpaired) electrons. The standard InChI is InChI=1S/C11H24N2O4/c1-3-17-10(9-12)8-11(14)13-4-5-16-7-6-15-2/h10H,3-9,12H2,1-2H3,(H,13,14). The quantitative estimate of drug-likeness (QED) is 0.483. The molecule has 0 bridgehead atoms. The summed E-state index contributed by atoms with van der Waals surface area (Å²) in [4.78, 5) is 11.4. The minimum atomic E-state index is -0.200. The van der Waals surface area contributed by atoms with Crippen molar-refractivity contribution in [2.75, 3.05) is 46.6 Å². The summed E-state index contributed by atoms with van der Waals surface area (Å²) in [6, 6.07) is 0. The Morgan fingerprint density at radius 3 is 2.71 bits per heavy atom. The molecule has 0 saturated heterocycles. The molecule has 0 heterocycles. The van der Waals surface area contributed by atoms with E-state index in [9.17, 15) is 4.79 Å². The average molecular weight is 248 g/mol. The Morgan fingerprint density at radius 2 is 2.12 bits per heavy atom. The number of carbonyl (C=O) groups excluding carboxylic acids is 1. The topological polar surface area (TPSA) is 82.8 Å². The highest BCUT2D eigenvalue weighted by atomic mass is 16.5. The van der Waals surface area contributed by atoms with E-state index in [1.165, 1.54) is 0 Å². The van der Waals surface area contributed by atoms with Crippen LogP contribution in [0.5, 0.6) is 0 Å².